The molecule has 0 radical (unpaired) electrons. The Morgan fingerprint density at radius 1 is 1.06 bits per heavy atom. The minimum absolute atomic E-state index is 0.791. The predicted octanol–water partition coefficient (Wildman–Crippen LogP) is 3.96. The van der Waals surface area contributed by atoms with Crippen molar-refractivity contribution in [2.45, 2.75) is 39.5 Å². The van der Waals surface area contributed by atoms with E-state index in [0.29, 0.717) is 0 Å². The Bertz CT molecular complexity index is 357. The molecule has 0 atom stereocenters. The average molecular weight is 230 g/mol. The molecule has 0 bridgehead atoms. The molecule has 17 heavy (non-hydrogen) atoms. The van der Waals surface area contributed by atoms with Crippen molar-refractivity contribution in [1.82, 2.24) is 0 Å². The second kappa shape index (κ2) is 7.73. The molecule has 2 nitrogen and oxygen atoms in total. The molecule has 0 unspecified atom stereocenters. The first-order valence-electron chi connectivity index (χ1n) is 6.57. The molecule has 1 aromatic rings. The number of benzene rings is 1. The Kier molecular flexibility index (Phi) is 6.17. The molecule has 0 aromatic heterocycles. The highest BCUT2D eigenvalue weighted by Crippen LogP contribution is 2.20. The maximum Gasteiger partial charge on any atom is 0.101 e. The van der Waals surface area contributed by atoms with Gasteiger partial charge in [0.05, 0.1) is 11.3 Å². The monoisotopic (exact) mass is 230 g/mol. The lowest BCUT2D eigenvalue weighted by molar-refractivity contribution is 0.677. The van der Waals surface area contributed by atoms with Crippen molar-refractivity contribution in [1.29, 1.82) is 5.26 Å². The summed E-state index contributed by atoms with van der Waals surface area (Å²) in [4.78, 5) is 2.35. The van der Waals surface area contributed by atoms with E-state index in [1.165, 1.54) is 25.7 Å². The minimum atomic E-state index is 0.791. The highest BCUT2D eigenvalue weighted by atomic mass is 15.1. The number of anilines is 1. The Morgan fingerprint density at radius 2 is 1.65 bits per heavy atom. The molecule has 0 heterocycles. The summed E-state index contributed by atoms with van der Waals surface area (Å²) in [7, 11) is 0. The molecular weight excluding hydrogens is 208 g/mol. The van der Waals surface area contributed by atoms with Crippen LogP contribution in [-0.2, 0) is 0 Å². The summed E-state index contributed by atoms with van der Waals surface area (Å²) in [5, 5.41) is 9.14. The number of nitrogens with zero attached hydrogens (tertiary/aromatic N) is 2. The smallest absolute Gasteiger partial charge is 0.101 e. The van der Waals surface area contributed by atoms with Crippen LogP contribution in [0.3, 0.4) is 0 Å². The largest absolute Gasteiger partial charge is 0.370 e. The first kappa shape index (κ1) is 13.6. The van der Waals surface area contributed by atoms with Crippen LogP contribution in [0.25, 0.3) is 0 Å². The van der Waals surface area contributed by atoms with Crippen LogP contribution in [0.1, 0.15) is 45.1 Å². The fourth-order valence-corrected chi connectivity index (χ4v) is 1.89. The Balaban J connectivity index is 2.83. The highest BCUT2D eigenvalue weighted by Gasteiger charge is 2.09. The fraction of sp³-hybridized carbons (Fsp3) is 0.533. The standard InChI is InChI=1S/C15H22N2/c1-3-5-11-17(12-6-4-2)15-10-8-7-9-14(15)13-16/h7-10H,3-6,11-12H2,1-2H3. The van der Waals surface area contributed by atoms with Gasteiger partial charge in [-0.05, 0) is 25.0 Å². The molecule has 0 fully saturated rings. The van der Waals surface area contributed by atoms with E-state index in [1.807, 2.05) is 18.2 Å². The fourth-order valence-electron chi connectivity index (χ4n) is 1.89. The van der Waals surface area contributed by atoms with Crippen molar-refractivity contribution in [3.8, 4) is 6.07 Å². The topological polar surface area (TPSA) is 27.0 Å². The molecule has 0 saturated heterocycles. The number of rotatable bonds is 7. The lowest BCUT2D eigenvalue weighted by Crippen LogP contribution is -2.26. The summed E-state index contributed by atoms with van der Waals surface area (Å²) >= 11 is 0. The third-order valence-electron chi connectivity index (χ3n) is 2.93. The SMILES string of the molecule is CCCCN(CCCC)c1ccccc1C#N. The summed E-state index contributed by atoms with van der Waals surface area (Å²) in [5.74, 6) is 0. The molecule has 0 aliphatic heterocycles. The van der Waals surface area contributed by atoms with Crippen molar-refractivity contribution in [3.05, 3.63) is 29.8 Å². The van der Waals surface area contributed by atoms with E-state index in [-0.39, 0.29) is 0 Å². The van der Waals surface area contributed by atoms with Crippen LogP contribution in [0.5, 0.6) is 0 Å². The molecule has 0 N–H and O–H groups in total. The molecule has 1 rings (SSSR count). The van der Waals surface area contributed by atoms with Gasteiger partial charge in [-0.3, -0.25) is 0 Å². The third-order valence-corrected chi connectivity index (χ3v) is 2.93. The first-order valence-corrected chi connectivity index (χ1v) is 6.57. The van der Waals surface area contributed by atoms with Crippen molar-refractivity contribution in [2.24, 2.45) is 0 Å². The highest BCUT2D eigenvalue weighted by molar-refractivity contribution is 5.59. The van der Waals surface area contributed by atoms with Crippen LogP contribution < -0.4 is 4.90 Å². The normalized spacial score (nSPS) is 9.94. The predicted molar refractivity (Wildman–Crippen MR) is 73.2 cm³/mol. The van der Waals surface area contributed by atoms with Gasteiger partial charge in [-0.25, -0.2) is 0 Å². The maximum absolute atomic E-state index is 9.14. The third kappa shape index (κ3) is 4.11. The maximum atomic E-state index is 9.14. The zero-order chi connectivity index (χ0) is 12.5. The molecule has 1 aromatic carbocycles. The van der Waals surface area contributed by atoms with E-state index in [2.05, 4.69) is 30.9 Å². The zero-order valence-corrected chi connectivity index (χ0v) is 10.9. The number of para-hydroxylation sites is 1. The minimum Gasteiger partial charge on any atom is -0.370 e. The van der Waals surface area contributed by atoms with Crippen molar-refractivity contribution in [3.63, 3.8) is 0 Å². The van der Waals surface area contributed by atoms with Gasteiger partial charge in [0.2, 0.25) is 0 Å². The van der Waals surface area contributed by atoms with E-state index in [9.17, 15) is 0 Å². The summed E-state index contributed by atoms with van der Waals surface area (Å²) in [5.41, 5.74) is 1.89. The van der Waals surface area contributed by atoms with Crippen molar-refractivity contribution < 1.29 is 0 Å². The van der Waals surface area contributed by atoms with Gasteiger partial charge in [0.15, 0.2) is 0 Å². The van der Waals surface area contributed by atoms with Gasteiger partial charge in [0.1, 0.15) is 6.07 Å². The van der Waals surface area contributed by atoms with Crippen LogP contribution in [0.15, 0.2) is 24.3 Å². The number of nitriles is 1. The molecule has 0 saturated carbocycles. The molecule has 0 spiro atoms. The Hall–Kier alpha value is -1.49. The van der Waals surface area contributed by atoms with Crippen molar-refractivity contribution in [2.75, 3.05) is 18.0 Å². The van der Waals surface area contributed by atoms with E-state index in [1.54, 1.807) is 0 Å². The molecular formula is C15H22N2. The quantitative estimate of drug-likeness (QED) is 0.708. The molecule has 2 heteroatoms. The van der Waals surface area contributed by atoms with Gasteiger partial charge in [0, 0.05) is 13.1 Å². The first-order chi connectivity index (χ1) is 8.33. The van der Waals surface area contributed by atoms with E-state index >= 15 is 0 Å². The van der Waals surface area contributed by atoms with Crippen molar-refractivity contribution >= 4 is 5.69 Å². The van der Waals surface area contributed by atoms with Gasteiger partial charge >= 0.3 is 0 Å². The number of hydrogen-bond donors (Lipinski definition) is 0. The zero-order valence-electron chi connectivity index (χ0n) is 10.9. The summed E-state index contributed by atoms with van der Waals surface area (Å²) in [6.07, 6.45) is 4.75. The van der Waals surface area contributed by atoms with Gasteiger partial charge in [-0.1, -0.05) is 38.8 Å². The summed E-state index contributed by atoms with van der Waals surface area (Å²) in [6.45, 7) is 6.51. The molecule has 0 amide bonds. The molecule has 92 valence electrons. The average Bonchev–Trinajstić information content (AvgIpc) is 2.39. The van der Waals surface area contributed by atoms with Crippen LogP contribution >= 0.6 is 0 Å². The van der Waals surface area contributed by atoms with Gasteiger partial charge in [-0.15, -0.1) is 0 Å². The van der Waals surface area contributed by atoms with Crippen LogP contribution in [0.2, 0.25) is 0 Å². The van der Waals surface area contributed by atoms with Crippen LogP contribution in [0.4, 0.5) is 5.69 Å². The van der Waals surface area contributed by atoms with E-state index < -0.39 is 0 Å². The lowest BCUT2D eigenvalue weighted by Gasteiger charge is -2.25. The van der Waals surface area contributed by atoms with Crippen LogP contribution in [0, 0.1) is 11.3 Å². The number of hydrogen-bond acceptors (Lipinski definition) is 2. The Morgan fingerprint density at radius 3 is 2.18 bits per heavy atom. The summed E-state index contributed by atoms with van der Waals surface area (Å²) in [6, 6.07) is 10.2. The van der Waals surface area contributed by atoms with Crippen LogP contribution in [-0.4, -0.2) is 13.1 Å². The Labute approximate surface area is 105 Å². The van der Waals surface area contributed by atoms with Gasteiger partial charge < -0.3 is 4.90 Å². The molecule has 0 aliphatic rings. The lowest BCUT2D eigenvalue weighted by atomic mass is 10.1. The second-order valence-corrected chi connectivity index (χ2v) is 4.32. The summed E-state index contributed by atoms with van der Waals surface area (Å²) < 4.78 is 0. The number of unbranched alkanes of at least 4 members (excludes halogenated alkanes) is 2. The van der Waals surface area contributed by atoms with Gasteiger partial charge in [-0.2, -0.15) is 5.26 Å². The molecule has 0 aliphatic carbocycles. The van der Waals surface area contributed by atoms with E-state index in [4.69, 9.17) is 5.26 Å². The van der Waals surface area contributed by atoms with Gasteiger partial charge in [0.25, 0.3) is 0 Å². The van der Waals surface area contributed by atoms with E-state index in [0.717, 1.165) is 24.3 Å². The second-order valence-electron chi connectivity index (χ2n) is 4.32.